The minimum atomic E-state index is -0.388. The first-order chi connectivity index (χ1) is 15.0. The third kappa shape index (κ3) is 4.78. The summed E-state index contributed by atoms with van der Waals surface area (Å²) in [5.41, 5.74) is 2.45. The molecular formula is C24H19NO4S2. The first-order valence-electron chi connectivity index (χ1n) is 9.63. The molecule has 1 aromatic heterocycles. The Bertz CT molecular complexity index is 1150. The number of carbonyl (C=O) groups is 2. The highest BCUT2D eigenvalue weighted by molar-refractivity contribution is 8.26. The number of benzene rings is 2. The van der Waals surface area contributed by atoms with Crippen LogP contribution in [0, 0.1) is 0 Å². The van der Waals surface area contributed by atoms with Crippen molar-refractivity contribution in [3.05, 3.63) is 88.5 Å². The highest BCUT2D eigenvalue weighted by Crippen LogP contribution is 2.33. The molecule has 156 valence electrons. The quantitative estimate of drug-likeness (QED) is 0.294. The van der Waals surface area contributed by atoms with E-state index in [1.807, 2.05) is 36.4 Å². The summed E-state index contributed by atoms with van der Waals surface area (Å²) in [6.45, 7) is 0.544. The zero-order valence-corrected chi connectivity index (χ0v) is 18.4. The average molecular weight is 450 g/mol. The fourth-order valence-electron chi connectivity index (χ4n) is 3.18. The van der Waals surface area contributed by atoms with Gasteiger partial charge in [-0.1, -0.05) is 66.4 Å². The average Bonchev–Trinajstić information content (AvgIpc) is 3.37. The molecule has 0 saturated carbocycles. The van der Waals surface area contributed by atoms with E-state index >= 15 is 0 Å². The molecule has 1 aliphatic rings. The first kappa shape index (κ1) is 21.1. The first-order valence-corrected chi connectivity index (χ1v) is 10.9. The van der Waals surface area contributed by atoms with Crippen LogP contribution in [0.3, 0.4) is 0 Å². The van der Waals surface area contributed by atoms with Gasteiger partial charge in [0.15, 0.2) is 0 Å². The number of thiocarbonyl (C=S) groups is 1. The molecule has 1 saturated heterocycles. The zero-order valence-electron chi connectivity index (χ0n) is 16.7. The van der Waals surface area contributed by atoms with Gasteiger partial charge in [-0.2, -0.15) is 0 Å². The summed E-state index contributed by atoms with van der Waals surface area (Å²) in [5, 5.41) is 0. The van der Waals surface area contributed by atoms with Crippen molar-refractivity contribution < 1.29 is 18.7 Å². The van der Waals surface area contributed by atoms with Crippen molar-refractivity contribution >= 4 is 46.3 Å². The van der Waals surface area contributed by atoms with Crippen LogP contribution in [0.2, 0.25) is 0 Å². The van der Waals surface area contributed by atoms with Gasteiger partial charge in [0.25, 0.3) is 5.91 Å². The van der Waals surface area contributed by atoms with Gasteiger partial charge in [-0.25, -0.2) is 4.79 Å². The molecule has 3 aromatic rings. The van der Waals surface area contributed by atoms with E-state index in [2.05, 4.69) is 0 Å². The molecule has 0 aliphatic carbocycles. The molecule has 7 heteroatoms. The highest BCUT2D eigenvalue weighted by Gasteiger charge is 2.31. The third-order valence-electron chi connectivity index (χ3n) is 4.83. The number of esters is 1. The van der Waals surface area contributed by atoms with E-state index in [9.17, 15) is 9.59 Å². The number of hydrogen-bond donors (Lipinski definition) is 0. The maximum Gasteiger partial charge on any atom is 0.337 e. The summed E-state index contributed by atoms with van der Waals surface area (Å²) in [6, 6.07) is 20.6. The van der Waals surface area contributed by atoms with Crippen LogP contribution in [0.1, 0.15) is 21.7 Å². The Labute approximate surface area is 189 Å². The molecule has 0 radical (unpaired) electrons. The van der Waals surface area contributed by atoms with E-state index in [-0.39, 0.29) is 11.9 Å². The van der Waals surface area contributed by atoms with Gasteiger partial charge in [-0.15, -0.1) is 0 Å². The number of thioether (sulfide) groups is 1. The molecule has 0 unspecified atom stereocenters. The third-order valence-corrected chi connectivity index (χ3v) is 6.21. The molecule has 1 fully saturated rings. The fourth-order valence-corrected chi connectivity index (χ4v) is 4.47. The van der Waals surface area contributed by atoms with E-state index in [0.717, 1.165) is 17.5 Å². The lowest BCUT2D eigenvalue weighted by atomic mass is 10.1. The molecule has 0 spiro atoms. The van der Waals surface area contributed by atoms with Crippen molar-refractivity contribution in [3.8, 4) is 11.3 Å². The van der Waals surface area contributed by atoms with Gasteiger partial charge in [0, 0.05) is 18.2 Å². The predicted octanol–water partition coefficient (Wildman–Crippen LogP) is 5.18. The lowest BCUT2D eigenvalue weighted by Crippen LogP contribution is -2.30. The lowest BCUT2D eigenvalue weighted by Gasteiger charge is -2.14. The number of nitrogens with zero attached hydrogens (tertiary/aromatic N) is 1. The second-order valence-electron chi connectivity index (χ2n) is 6.84. The number of hydrogen-bond acceptors (Lipinski definition) is 6. The fraction of sp³-hybridized carbons (Fsp3) is 0.125. The molecule has 5 nitrogen and oxygen atoms in total. The van der Waals surface area contributed by atoms with Crippen LogP contribution in [0.15, 0.2) is 76.1 Å². The van der Waals surface area contributed by atoms with Crippen LogP contribution in [-0.2, 0) is 16.0 Å². The van der Waals surface area contributed by atoms with Gasteiger partial charge in [-0.3, -0.25) is 9.69 Å². The van der Waals surface area contributed by atoms with E-state index in [1.165, 1.54) is 18.9 Å². The molecule has 0 N–H and O–H groups in total. The Morgan fingerprint density at radius 3 is 2.55 bits per heavy atom. The summed E-state index contributed by atoms with van der Waals surface area (Å²) in [7, 11) is 1.35. The molecule has 31 heavy (non-hydrogen) atoms. The van der Waals surface area contributed by atoms with E-state index in [1.54, 1.807) is 41.3 Å². The Balaban J connectivity index is 1.45. The number of methoxy groups -OCH3 is 1. The Morgan fingerprint density at radius 2 is 1.84 bits per heavy atom. The Hall–Kier alpha value is -3.16. The molecular weight excluding hydrogens is 430 g/mol. The normalized spacial score (nSPS) is 15.0. The maximum absolute atomic E-state index is 12.8. The van der Waals surface area contributed by atoms with Crippen molar-refractivity contribution in [3.63, 3.8) is 0 Å². The van der Waals surface area contributed by atoms with Crippen LogP contribution in [0.4, 0.5) is 0 Å². The van der Waals surface area contributed by atoms with Gasteiger partial charge in [0.2, 0.25) is 0 Å². The zero-order chi connectivity index (χ0) is 21.8. The standard InChI is InChI=1S/C24H19NO4S2/c1-28-23(27)18-9-7-17(8-10-18)20-12-11-19(29-20)15-21-22(26)25(24(30)31-21)14-13-16-5-3-2-4-6-16/h2-12,15H,13-14H2,1H3/b21-15+. The van der Waals surface area contributed by atoms with Crippen LogP contribution >= 0.6 is 24.0 Å². The van der Waals surface area contributed by atoms with Crippen molar-refractivity contribution in [1.29, 1.82) is 0 Å². The number of furan rings is 1. The van der Waals surface area contributed by atoms with E-state index < -0.39 is 0 Å². The Morgan fingerprint density at radius 1 is 1.10 bits per heavy atom. The van der Waals surface area contributed by atoms with Crippen molar-refractivity contribution in [2.24, 2.45) is 0 Å². The van der Waals surface area contributed by atoms with E-state index in [4.69, 9.17) is 21.4 Å². The molecule has 1 aliphatic heterocycles. The topological polar surface area (TPSA) is 59.8 Å². The minimum Gasteiger partial charge on any atom is -0.465 e. The summed E-state index contributed by atoms with van der Waals surface area (Å²) in [5.74, 6) is 0.713. The van der Waals surface area contributed by atoms with E-state index in [0.29, 0.717) is 32.9 Å². The lowest BCUT2D eigenvalue weighted by molar-refractivity contribution is -0.122. The summed E-state index contributed by atoms with van der Waals surface area (Å²) in [6.07, 6.45) is 2.46. The number of ether oxygens (including phenoxy) is 1. The molecule has 2 heterocycles. The van der Waals surface area contributed by atoms with Gasteiger partial charge >= 0.3 is 5.97 Å². The summed E-state index contributed by atoms with van der Waals surface area (Å²) < 4.78 is 11.2. The molecule has 0 atom stereocenters. The molecule has 1 amide bonds. The SMILES string of the molecule is COC(=O)c1ccc(-c2ccc(/C=C3/SC(=S)N(CCc4ccccc4)C3=O)o2)cc1. The monoisotopic (exact) mass is 449 g/mol. The predicted molar refractivity (Wildman–Crippen MR) is 126 cm³/mol. The van der Waals surface area contributed by atoms with Crippen molar-refractivity contribution in [2.75, 3.05) is 13.7 Å². The summed E-state index contributed by atoms with van der Waals surface area (Å²) in [4.78, 5) is 26.6. The van der Waals surface area contributed by atoms with Crippen LogP contribution in [0.25, 0.3) is 17.4 Å². The van der Waals surface area contributed by atoms with Crippen molar-refractivity contribution in [2.45, 2.75) is 6.42 Å². The molecule has 4 rings (SSSR count). The van der Waals surface area contributed by atoms with Crippen molar-refractivity contribution in [1.82, 2.24) is 4.90 Å². The minimum absolute atomic E-state index is 0.105. The Kier molecular flexibility index (Phi) is 6.34. The van der Waals surface area contributed by atoms with Gasteiger partial charge in [0.05, 0.1) is 17.6 Å². The smallest absolute Gasteiger partial charge is 0.337 e. The second kappa shape index (κ2) is 9.32. The molecule has 2 aromatic carbocycles. The number of rotatable bonds is 6. The second-order valence-corrected chi connectivity index (χ2v) is 8.52. The van der Waals surface area contributed by atoms with Gasteiger partial charge in [0.1, 0.15) is 15.8 Å². The summed E-state index contributed by atoms with van der Waals surface area (Å²) >= 11 is 6.69. The number of amides is 1. The van der Waals surface area contributed by atoms with Gasteiger partial charge in [-0.05, 0) is 36.2 Å². The highest BCUT2D eigenvalue weighted by atomic mass is 32.2. The molecule has 0 bridgehead atoms. The van der Waals surface area contributed by atoms with Gasteiger partial charge < -0.3 is 9.15 Å². The van der Waals surface area contributed by atoms with Crippen LogP contribution in [-0.4, -0.2) is 34.8 Å². The number of carbonyl (C=O) groups excluding carboxylic acids is 2. The van der Waals surface area contributed by atoms with Crippen LogP contribution in [0.5, 0.6) is 0 Å². The maximum atomic E-state index is 12.8. The van der Waals surface area contributed by atoms with Crippen LogP contribution < -0.4 is 0 Å². The largest absolute Gasteiger partial charge is 0.465 e.